The van der Waals surface area contributed by atoms with Crippen molar-refractivity contribution in [2.45, 2.75) is 51.5 Å². The Hall–Kier alpha value is -1.66. The molecule has 0 bridgehead atoms. The number of nitrogens with zero attached hydrogens (tertiary/aromatic N) is 3. The van der Waals surface area contributed by atoms with Crippen LogP contribution in [0.1, 0.15) is 27.2 Å². The lowest BCUT2D eigenvalue weighted by Gasteiger charge is -2.45. The summed E-state index contributed by atoms with van der Waals surface area (Å²) < 4.78 is 5.86. The van der Waals surface area contributed by atoms with E-state index in [9.17, 15) is 9.59 Å². The van der Waals surface area contributed by atoms with Gasteiger partial charge in [-0.3, -0.25) is 14.5 Å². The Bertz CT molecular complexity index is 520. The molecule has 0 N–H and O–H groups in total. The number of hydrogen-bond acceptors (Lipinski definition) is 4. The van der Waals surface area contributed by atoms with Crippen molar-refractivity contribution in [1.29, 1.82) is 0 Å². The van der Waals surface area contributed by atoms with Gasteiger partial charge in [0.05, 0.1) is 12.2 Å². The van der Waals surface area contributed by atoms with Crippen molar-refractivity contribution in [3.63, 3.8) is 0 Å². The monoisotopic (exact) mass is 349 g/mol. The van der Waals surface area contributed by atoms with E-state index in [0.717, 1.165) is 13.1 Å². The zero-order valence-electron chi connectivity index (χ0n) is 15.9. The minimum Gasteiger partial charge on any atom is -0.371 e. The normalized spacial score (nSPS) is 20.1. The smallest absolute Gasteiger partial charge is 0.246 e. The Balaban J connectivity index is 1.61. The van der Waals surface area contributed by atoms with Gasteiger partial charge in [0.25, 0.3) is 0 Å². The summed E-state index contributed by atoms with van der Waals surface area (Å²) in [6.45, 7) is 12.7. The number of rotatable bonds is 8. The first-order valence-corrected chi connectivity index (χ1v) is 9.06. The van der Waals surface area contributed by atoms with Gasteiger partial charge in [-0.1, -0.05) is 12.7 Å². The zero-order valence-corrected chi connectivity index (χ0v) is 15.9. The second kappa shape index (κ2) is 8.63. The van der Waals surface area contributed by atoms with E-state index < -0.39 is 0 Å². The van der Waals surface area contributed by atoms with E-state index in [1.54, 1.807) is 11.0 Å². The molecule has 6 heteroatoms. The summed E-state index contributed by atoms with van der Waals surface area (Å²) in [5.74, 6) is 0.0287. The molecule has 2 rings (SSSR count). The van der Waals surface area contributed by atoms with E-state index in [1.807, 2.05) is 17.9 Å². The van der Waals surface area contributed by atoms with Gasteiger partial charge in [-0.15, -0.1) is 0 Å². The number of hydrogen-bond donors (Lipinski definition) is 0. The summed E-state index contributed by atoms with van der Waals surface area (Å²) in [5.41, 5.74) is 0. The molecule has 2 aliphatic rings. The Kier molecular flexibility index (Phi) is 6.79. The van der Waals surface area contributed by atoms with Gasteiger partial charge < -0.3 is 14.5 Å². The SMILES string of the molecule is C=CC(=O)N1CC(O[C@@H](C)C/C=C\C(=O)N2CC(N(C)C(C)C)C2)C1. The highest BCUT2D eigenvalue weighted by Crippen LogP contribution is 2.17. The van der Waals surface area contributed by atoms with Crippen LogP contribution in [0, 0.1) is 0 Å². The fourth-order valence-corrected chi connectivity index (χ4v) is 3.00. The molecule has 2 fully saturated rings. The van der Waals surface area contributed by atoms with Crippen molar-refractivity contribution >= 4 is 11.8 Å². The highest BCUT2D eigenvalue weighted by atomic mass is 16.5. The summed E-state index contributed by atoms with van der Waals surface area (Å²) in [6, 6.07) is 0.972. The molecule has 1 atom stereocenters. The molecule has 0 aromatic carbocycles. The predicted octanol–water partition coefficient (Wildman–Crippen LogP) is 1.29. The number of carbonyl (C=O) groups is 2. The van der Waals surface area contributed by atoms with Gasteiger partial charge in [0, 0.05) is 38.3 Å². The molecular formula is C19H31N3O3. The molecule has 2 saturated heterocycles. The standard InChI is InChI=1S/C19H31N3O3/c1-6-18(23)22-12-17(13-22)25-15(4)8-7-9-19(24)21-10-16(11-21)20(5)14(2)3/h6-7,9,14-17H,1,8,10-13H2,2-5H3/b9-7-/t15-/m0/s1. The summed E-state index contributed by atoms with van der Waals surface area (Å²) in [6.07, 6.45) is 5.68. The van der Waals surface area contributed by atoms with Gasteiger partial charge in [0.1, 0.15) is 0 Å². The molecule has 0 spiro atoms. The van der Waals surface area contributed by atoms with Crippen molar-refractivity contribution in [3.05, 3.63) is 24.8 Å². The Morgan fingerprint density at radius 2 is 1.76 bits per heavy atom. The Morgan fingerprint density at radius 3 is 2.32 bits per heavy atom. The first kappa shape index (κ1) is 19.7. The van der Waals surface area contributed by atoms with Crippen molar-refractivity contribution in [2.75, 3.05) is 33.2 Å². The molecule has 25 heavy (non-hydrogen) atoms. The lowest BCUT2D eigenvalue weighted by atomic mass is 10.1. The number of carbonyl (C=O) groups excluding carboxylic acids is 2. The average molecular weight is 349 g/mol. The van der Waals surface area contributed by atoms with Crippen LogP contribution in [0.4, 0.5) is 0 Å². The van der Waals surface area contributed by atoms with Crippen molar-refractivity contribution in [1.82, 2.24) is 14.7 Å². The van der Waals surface area contributed by atoms with Gasteiger partial charge in [-0.05, 0) is 46.4 Å². The fraction of sp³-hybridized carbons (Fsp3) is 0.684. The van der Waals surface area contributed by atoms with E-state index in [-0.39, 0.29) is 24.0 Å². The number of likely N-dealkylation sites (N-methyl/N-ethyl adjacent to an activating group) is 1. The van der Waals surface area contributed by atoms with Crippen LogP contribution in [0.25, 0.3) is 0 Å². The van der Waals surface area contributed by atoms with Gasteiger partial charge in [-0.2, -0.15) is 0 Å². The highest BCUT2D eigenvalue weighted by molar-refractivity contribution is 5.88. The summed E-state index contributed by atoms with van der Waals surface area (Å²) in [7, 11) is 2.11. The molecule has 140 valence electrons. The van der Waals surface area contributed by atoms with Crippen molar-refractivity contribution in [2.24, 2.45) is 0 Å². The van der Waals surface area contributed by atoms with Gasteiger partial charge in [-0.25, -0.2) is 0 Å². The Morgan fingerprint density at radius 1 is 1.16 bits per heavy atom. The topological polar surface area (TPSA) is 53.1 Å². The van der Waals surface area contributed by atoms with Crippen LogP contribution >= 0.6 is 0 Å². The second-order valence-corrected chi connectivity index (χ2v) is 7.31. The highest BCUT2D eigenvalue weighted by Gasteiger charge is 2.33. The molecule has 2 amide bonds. The molecule has 0 unspecified atom stereocenters. The number of amides is 2. The summed E-state index contributed by atoms with van der Waals surface area (Å²) in [5, 5.41) is 0. The maximum Gasteiger partial charge on any atom is 0.246 e. The largest absolute Gasteiger partial charge is 0.371 e. The van der Waals surface area contributed by atoms with E-state index in [2.05, 4.69) is 32.4 Å². The lowest BCUT2D eigenvalue weighted by molar-refractivity contribution is -0.143. The van der Waals surface area contributed by atoms with Crippen LogP contribution in [0.2, 0.25) is 0 Å². The van der Waals surface area contributed by atoms with Crippen LogP contribution in [-0.2, 0) is 14.3 Å². The van der Waals surface area contributed by atoms with E-state index >= 15 is 0 Å². The van der Waals surface area contributed by atoms with Crippen molar-refractivity contribution in [3.8, 4) is 0 Å². The molecule has 0 saturated carbocycles. The fourth-order valence-electron chi connectivity index (χ4n) is 3.00. The summed E-state index contributed by atoms with van der Waals surface area (Å²) in [4.78, 5) is 29.4. The first-order chi connectivity index (χ1) is 11.8. The quantitative estimate of drug-likeness (QED) is 0.620. The number of ether oxygens (including phenoxy) is 1. The van der Waals surface area contributed by atoms with Gasteiger partial charge in [0.15, 0.2) is 0 Å². The zero-order chi connectivity index (χ0) is 18.6. The van der Waals surface area contributed by atoms with E-state index in [1.165, 1.54) is 6.08 Å². The molecule has 2 heterocycles. The minimum atomic E-state index is -0.0473. The van der Waals surface area contributed by atoms with Crippen LogP contribution in [0.3, 0.4) is 0 Å². The van der Waals surface area contributed by atoms with E-state index in [0.29, 0.717) is 31.6 Å². The molecule has 0 aromatic heterocycles. The maximum atomic E-state index is 12.1. The maximum absolute atomic E-state index is 12.1. The van der Waals surface area contributed by atoms with Crippen LogP contribution < -0.4 is 0 Å². The first-order valence-electron chi connectivity index (χ1n) is 9.06. The number of likely N-dealkylation sites (tertiary alicyclic amines) is 2. The van der Waals surface area contributed by atoms with Crippen LogP contribution in [0.15, 0.2) is 24.8 Å². The van der Waals surface area contributed by atoms with Crippen molar-refractivity contribution < 1.29 is 14.3 Å². The van der Waals surface area contributed by atoms with E-state index in [4.69, 9.17) is 4.74 Å². The minimum absolute atomic E-state index is 0.0336. The molecule has 0 radical (unpaired) electrons. The summed E-state index contributed by atoms with van der Waals surface area (Å²) >= 11 is 0. The van der Waals surface area contributed by atoms with Crippen LogP contribution in [0.5, 0.6) is 0 Å². The van der Waals surface area contributed by atoms with Gasteiger partial charge in [0.2, 0.25) is 11.8 Å². The second-order valence-electron chi connectivity index (χ2n) is 7.31. The molecule has 0 aliphatic carbocycles. The molecule has 0 aromatic rings. The molecule has 6 nitrogen and oxygen atoms in total. The molecule has 2 aliphatic heterocycles. The third-order valence-corrected chi connectivity index (χ3v) is 5.05. The Labute approximate surface area is 151 Å². The molecular weight excluding hydrogens is 318 g/mol. The third kappa shape index (κ3) is 5.16. The van der Waals surface area contributed by atoms with Crippen LogP contribution in [-0.4, -0.2) is 84.0 Å². The lowest BCUT2D eigenvalue weighted by Crippen LogP contribution is -2.61. The average Bonchev–Trinajstić information content (AvgIpc) is 2.48. The predicted molar refractivity (Wildman–Crippen MR) is 98.1 cm³/mol. The van der Waals surface area contributed by atoms with Gasteiger partial charge >= 0.3 is 0 Å². The third-order valence-electron chi connectivity index (χ3n) is 5.05.